The van der Waals surface area contributed by atoms with Crippen molar-refractivity contribution in [1.29, 1.82) is 0 Å². The highest BCUT2D eigenvalue weighted by Crippen LogP contribution is 2.30. The quantitative estimate of drug-likeness (QED) is 0.285. The SMILES string of the molecule is Cc1cc(Cn2c(=O)c3c(nc(Oc4cccc(OC(F)(F)F)c4)n3Cc3ccc(Cl)cc3)n(C)c2=O)on1. The third-order valence-electron chi connectivity index (χ3n) is 5.69. The normalized spacial score (nSPS) is 11.7. The van der Waals surface area contributed by atoms with Crippen molar-refractivity contribution >= 4 is 22.8 Å². The van der Waals surface area contributed by atoms with Gasteiger partial charge >= 0.3 is 18.1 Å². The summed E-state index contributed by atoms with van der Waals surface area (Å²) >= 11 is 6.01. The maximum absolute atomic E-state index is 13.7. The number of halogens is 4. The minimum Gasteiger partial charge on any atom is -0.425 e. The molecule has 0 N–H and O–H groups in total. The number of alkyl halides is 3. The Labute approximate surface area is 222 Å². The van der Waals surface area contributed by atoms with Crippen molar-refractivity contribution in [2.75, 3.05) is 0 Å². The molecule has 14 heteroatoms. The average Bonchev–Trinajstić information content (AvgIpc) is 3.44. The molecule has 0 unspecified atom stereocenters. The molecule has 5 rings (SSSR count). The van der Waals surface area contributed by atoms with E-state index in [0.717, 1.165) is 16.7 Å². The van der Waals surface area contributed by atoms with Crippen LogP contribution < -0.4 is 20.7 Å². The molecule has 0 saturated carbocycles. The van der Waals surface area contributed by atoms with E-state index in [4.69, 9.17) is 20.9 Å². The van der Waals surface area contributed by atoms with Crippen LogP contribution in [-0.2, 0) is 20.1 Å². The number of aryl methyl sites for hydroxylation is 2. The number of benzene rings is 2. The highest BCUT2D eigenvalue weighted by Gasteiger charge is 2.31. The molecular weight excluding hydrogens is 543 g/mol. The third-order valence-corrected chi connectivity index (χ3v) is 5.94. The van der Waals surface area contributed by atoms with Crippen molar-refractivity contribution < 1.29 is 27.2 Å². The number of nitrogens with zero attached hydrogens (tertiary/aromatic N) is 5. The second kappa shape index (κ2) is 9.98. The Morgan fingerprint density at radius 3 is 2.38 bits per heavy atom. The van der Waals surface area contributed by atoms with Crippen LogP contribution in [-0.4, -0.2) is 30.2 Å². The summed E-state index contributed by atoms with van der Waals surface area (Å²) < 4.78 is 56.8. The molecule has 3 aromatic heterocycles. The first-order valence-corrected chi connectivity index (χ1v) is 11.8. The fourth-order valence-electron chi connectivity index (χ4n) is 3.97. The molecule has 0 atom stereocenters. The van der Waals surface area contributed by atoms with E-state index in [2.05, 4.69) is 14.9 Å². The number of imidazole rings is 1. The Hall–Kier alpha value is -4.52. The number of ether oxygens (including phenoxy) is 2. The number of fused-ring (bicyclic) bond motifs is 1. The predicted molar refractivity (Wildman–Crippen MR) is 133 cm³/mol. The van der Waals surface area contributed by atoms with E-state index in [-0.39, 0.29) is 36.0 Å². The summed E-state index contributed by atoms with van der Waals surface area (Å²) in [6.07, 6.45) is -4.90. The van der Waals surface area contributed by atoms with Gasteiger partial charge in [0.25, 0.3) is 5.56 Å². The Morgan fingerprint density at radius 2 is 1.72 bits per heavy atom. The molecule has 0 bridgehead atoms. The maximum atomic E-state index is 13.7. The molecule has 10 nitrogen and oxygen atoms in total. The number of hydrogen-bond donors (Lipinski definition) is 0. The smallest absolute Gasteiger partial charge is 0.425 e. The first-order valence-electron chi connectivity index (χ1n) is 11.4. The Balaban J connectivity index is 1.66. The lowest BCUT2D eigenvalue weighted by molar-refractivity contribution is -0.274. The maximum Gasteiger partial charge on any atom is 0.573 e. The van der Waals surface area contributed by atoms with E-state index < -0.39 is 23.4 Å². The molecule has 0 fully saturated rings. The Kier molecular flexibility index (Phi) is 6.68. The van der Waals surface area contributed by atoms with Crippen molar-refractivity contribution in [3.63, 3.8) is 0 Å². The van der Waals surface area contributed by atoms with Gasteiger partial charge in [-0.15, -0.1) is 13.2 Å². The molecule has 0 saturated heterocycles. The van der Waals surface area contributed by atoms with Crippen LogP contribution >= 0.6 is 11.6 Å². The lowest BCUT2D eigenvalue weighted by Gasteiger charge is -2.12. The van der Waals surface area contributed by atoms with Crippen LogP contribution in [0.1, 0.15) is 17.0 Å². The fraction of sp³-hybridized carbons (Fsp3) is 0.200. The summed E-state index contributed by atoms with van der Waals surface area (Å²) in [4.78, 5) is 31.1. The summed E-state index contributed by atoms with van der Waals surface area (Å²) in [7, 11) is 1.44. The lowest BCUT2D eigenvalue weighted by Crippen LogP contribution is -2.39. The largest absolute Gasteiger partial charge is 0.573 e. The van der Waals surface area contributed by atoms with E-state index in [1.165, 1.54) is 28.3 Å². The van der Waals surface area contributed by atoms with Gasteiger partial charge in [0, 0.05) is 24.2 Å². The molecule has 0 aliphatic carbocycles. The molecule has 5 aromatic rings. The van der Waals surface area contributed by atoms with Gasteiger partial charge in [-0.1, -0.05) is 35.0 Å². The molecule has 0 amide bonds. The molecule has 3 heterocycles. The fourth-order valence-corrected chi connectivity index (χ4v) is 4.10. The zero-order valence-corrected chi connectivity index (χ0v) is 21.2. The van der Waals surface area contributed by atoms with Crippen LogP contribution in [0.3, 0.4) is 0 Å². The summed E-state index contributed by atoms with van der Waals surface area (Å²) in [6, 6.07) is 13.1. The second-order valence-corrected chi connectivity index (χ2v) is 9.01. The Bertz CT molecular complexity index is 1790. The summed E-state index contributed by atoms with van der Waals surface area (Å²) in [5.41, 5.74) is -0.000366. The number of hydrogen-bond acceptors (Lipinski definition) is 7. The number of aromatic nitrogens is 5. The van der Waals surface area contributed by atoms with Gasteiger partial charge in [-0.3, -0.25) is 18.5 Å². The van der Waals surface area contributed by atoms with Crippen LogP contribution in [0, 0.1) is 6.92 Å². The lowest BCUT2D eigenvalue weighted by atomic mass is 10.2. The van der Waals surface area contributed by atoms with E-state index in [1.54, 1.807) is 37.3 Å². The van der Waals surface area contributed by atoms with E-state index in [1.807, 2.05) is 0 Å². The van der Waals surface area contributed by atoms with Crippen molar-refractivity contribution in [2.24, 2.45) is 7.05 Å². The first kappa shape index (κ1) is 26.1. The molecule has 0 aliphatic heterocycles. The van der Waals surface area contributed by atoms with Crippen LogP contribution in [0.5, 0.6) is 17.5 Å². The molecule has 39 heavy (non-hydrogen) atoms. The highest BCUT2D eigenvalue weighted by molar-refractivity contribution is 6.30. The molecule has 2 aromatic carbocycles. The van der Waals surface area contributed by atoms with E-state index >= 15 is 0 Å². The van der Waals surface area contributed by atoms with Gasteiger partial charge in [-0.25, -0.2) is 4.79 Å². The topological polar surface area (TPSA) is 106 Å². The van der Waals surface area contributed by atoms with E-state index in [9.17, 15) is 22.8 Å². The highest BCUT2D eigenvalue weighted by atomic mass is 35.5. The number of rotatable bonds is 7. The van der Waals surface area contributed by atoms with E-state index in [0.29, 0.717) is 22.0 Å². The molecule has 0 spiro atoms. The molecule has 0 aliphatic rings. The van der Waals surface area contributed by atoms with Gasteiger partial charge in [-0.05, 0) is 36.8 Å². The first-order chi connectivity index (χ1) is 18.5. The monoisotopic (exact) mass is 561 g/mol. The van der Waals surface area contributed by atoms with Gasteiger partial charge in [0.2, 0.25) is 0 Å². The second-order valence-electron chi connectivity index (χ2n) is 8.57. The third kappa shape index (κ3) is 5.53. The summed E-state index contributed by atoms with van der Waals surface area (Å²) in [5, 5.41) is 4.29. The average molecular weight is 562 g/mol. The van der Waals surface area contributed by atoms with Gasteiger partial charge in [0.05, 0.1) is 18.8 Å². The zero-order chi connectivity index (χ0) is 27.9. The predicted octanol–water partition coefficient (Wildman–Crippen LogP) is 4.63. The Morgan fingerprint density at radius 1 is 1.00 bits per heavy atom. The summed E-state index contributed by atoms with van der Waals surface area (Å²) in [6.45, 7) is 1.59. The van der Waals surface area contributed by atoms with Crippen LogP contribution in [0.4, 0.5) is 13.2 Å². The zero-order valence-electron chi connectivity index (χ0n) is 20.4. The standard InChI is InChI=1S/C25H19ClF3N5O5/c1-14-10-19(39-31-14)13-34-22(35)20-21(32(2)24(34)36)30-23(33(20)12-15-6-8-16(26)9-7-15)37-17-4-3-5-18(11-17)38-25(27,28)29/h3-11H,12-13H2,1-2H3. The minimum absolute atomic E-state index is 0.0154. The van der Waals surface area contributed by atoms with Crippen LogP contribution in [0.2, 0.25) is 5.02 Å². The molecule has 0 radical (unpaired) electrons. The van der Waals surface area contributed by atoms with Crippen LogP contribution in [0.15, 0.2) is 68.7 Å². The van der Waals surface area contributed by atoms with Crippen LogP contribution in [0.25, 0.3) is 11.2 Å². The summed E-state index contributed by atoms with van der Waals surface area (Å²) in [5.74, 6) is -0.239. The van der Waals surface area contributed by atoms with Gasteiger partial charge in [0.15, 0.2) is 16.9 Å². The van der Waals surface area contributed by atoms with Crippen molar-refractivity contribution in [3.05, 3.63) is 97.5 Å². The molecular formula is C25H19ClF3N5O5. The van der Waals surface area contributed by atoms with Crippen molar-refractivity contribution in [3.8, 4) is 17.5 Å². The minimum atomic E-state index is -4.90. The van der Waals surface area contributed by atoms with Crippen molar-refractivity contribution in [2.45, 2.75) is 26.4 Å². The van der Waals surface area contributed by atoms with Gasteiger partial charge in [-0.2, -0.15) is 4.98 Å². The van der Waals surface area contributed by atoms with Gasteiger partial charge < -0.3 is 14.0 Å². The molecule has 202 valence electrons. The van der Waals surface area contributed by atoms with Crippen molar-refractivity contribution in [1.82, 2.24) is 23.8 Å². The van der Waals surface area contributed by atoms with Gasteiger partial charge in [0.1, 0.15) is 11.5 Å².